The number of hydrogen-bond acceptors (Lipinski definition) is 4. The smallest absolute Gasteiger partial charge is 0.185 e. The minimum Gasteiger partial charge on any atom is -0.486 e. The van der Waals surface area contributed by atoms with Gasteiger partial charge < -0.3 is 9.47 Å². The van der Waals surface area contributed by atoms with Gasteiger partial charge in [-0.15, -0.1) is 0 Å². The molecule has 0 saturated carbocycles. The second kappa shape index (κ2) is 7.68. The van der Waals surface area contributed by atoms with Crippen LogP contribution in [0.5, 0.6) is 11.5 Å². The van der Waals surface area contributed by atoms with Crippen LogP contribution in [0.1, 0.15) is 21.5 Å². The Kier molecular flexibility index (Phi) is 4.94. The van der Waals surface area contributed by atoms with Gasteiger partial charge in [0.2, 0.25) is 0 Å². The van der Waals surface area contributed by atoms with E-state index in [0.29, 0.717) is 41.8 Å². The molecular formula is C21H17ClN2O3. The standard InChI is InChI=1S/C21H17ClN2O3/c22-18-4-2-1-3-17(18)14-24-13-15(12-23-24)5-7-19(25)16-6-8-20-21(11-16)27-10-9-26-20/h1-8,11-13H,9-10,14H2. The Morgan fingerprint density at radius 1 is 1.15 bits per heavy atom. The van der Waals surface area contributed by atoms with Gasteiger partial charge >= 0.3 is 0 Å². The van der Waals surface area contributed by atoms with Gasteiger partial charge in [-0.05, 0) is 42.0 Å². The van der Waals surface area contributed by atoms with E-state index >= 15 is 0 Å². The van der Waals surface area contributed by atoms with Crippen molar-refractivity contribution in [2.75, 3.05) is 13.2 Å². The maximum Gasteiger partial charge on any atom is 0.185 e. The van der Waals surface area contributed by atoms with Gasteiger partial charge in [0.25, 0.3) is 0 Å². The Labute approximate surface area is 161 Å². The topological polar surface area (TPSA) is 53.4 Å². The number of carbonyl (C=O) groups is 1. The highest BCUT2D eigenvalue weighted by atomic mass is 35.5. The summed E-state index contributed by atoms with van der Waals surface area (Å²) in [4.78, 5) is 12.4. The fraction of sp³-hybridized carbons (Fsp3) is 0.143. The lowest BCUT2D eigenvalue weighted by molar-refractivity contribution is 0.104. The van der Waals surface area contributed by atoms with Crippen molar-refractivity contribution in [1.29, 1.82) is 0 Å². The van der Waals surface area contributed by atoms with Gasteiger partial charge in [0.15, 0.2) is 17.3 Å². The lowest BCUT2D eigenvalue weighted by atomic mass is 10.1. The highest BCUT2D eigenvalue weighted by molar-refractivity contribution is 6.31. The Balaban J connectivity index is 1.45. The number of fused-ring (bicyclic) bond motifs is 1. The van der Waals surface area contributed by atoms with E-state index < -0.39 is 0 Å². The van der Waals surface area contributed by atoms with Gasteiger partial charge in [0.05, 0.1) is 12.7 Å². The number of carbonyl (C=O) groups excluding carboxylic acids is 1. The quantitative estimate of drug-likeness (QED) is 0.490. The number of rotatable bonds is 5. The molecule has 0 radical (unpaired) electrons. The molecule has 2 heterocycles. The van der Waals surface area contributed by atoms with Crippen molar-refractivity contribution in [3.05, 3.63) is 82.6 Å². The third-order valence-corrected chi connectivity index (χ3v) is 4.57. The maximum absolute atomic E-state index is 12.4. The van der Waals surface area contributed by atoms with Crippen LogP contribution in [0, 0.1) is 0 Å². The molecule has 1 aromatic heterocycles. The van der Waals surface area contributed by atoms with Crippen LogP contribution in [0.2, 0.25) is 5.02 Å². The van der Waals surface area contributed by atoms with Gasteiger partial charge in [-0.2, -0.15) is 5.10 Å². The van der Waals surface area contributed by atoms with Gasteiger partial charge in [-0.3, -0.25) is 9.48 Å². The van der Waals surface area contributed by atoms with Crippen LogP contribution in [0.25, 0.3) is 6.08 Å². The summed E-state index contributed by atoms with van der Waals surface area (Å²) in [5.74, 6) is 1.17. The molecule has 0 saturated heterocycles. The Morgan fingerprint density at radius 2 is 1.96 bits per heavy atom. The van der Waals surface area contributed by atoms with E-state index in [1.54, 1.807) is 35.2 Å². The van der Waals surface area contributed by atoms with Crippen molar-refractivity contribution in [2.24, 2.45) is 0 Å². The molecule has 136 valence electrons. The summed E-state index contributed by atoms with van der Waals surface area (Å²) < 4.78 is 12.8. The first-order valence-corrected chi connectivity index (χ1v) is 8.95. The number of benzene rings is 2. The molecule has 3 aromatic rings. The Morgan fingerprint density at radius 3 is 2.81 bits per heavy atom. The zero-order chi connectivity index (χ0) is 18.6. The summed E-state index contributed by atoms with van der Waals surface area (Å²) in [5.41, 5.74) is 2.39. The van der Waals surface area contributed by atoms with Crippen molar-refractivity contribution in [3.63, 3.8) is 0 Å². The molecule has 6 heteroatoms. The van der Waals surface area contributed by atoms with Crippen LogP contribution in [-0.4, -0.2) is 28.8 Å². The molecule has 1 aliphatic rings. The zero-order valence-electron chi connectivity index (χ0n) is 14.5. The van der Waals surface area contributed by atoms with E-state index in [0.717, 1.165) is 11.1 Å². The number of halogens is 1. The van der Waals surface area contributed by atoms with Crippen LogP contribution in [0.3, 0.4) is 0 Å². The van der Waals surface area contributed by atoms with Crippen LogP contribution < -0.4 is 9.47 Å². The van der Waals surface area contributed by atoms with Gasteiger partial charge in [-0.25, -0.2) is 0 Å². The average Bonchev–Trinajstić information content (AvgIpc) is 3.15. The van der Waals surface area contributed by atoms with Crippen LogP contribution in [0.4, 0.5) is 0 Å². The van der Waals surface area contributed by atoms with Crippen LogP contribution >= 0.6 is 11.6 Å². The summed E-state index contributed by atoms with van der Waals surface area (Å²) in [7, 11) is 0. The van der Waals surface area contributed by atoms with Gasteiger partial charge in [0.1, 0.15) is 13.2 Å². The summed E-state index contributed by atoms with van der Waals surface area (Å²) in [6.45, 7) is 1.59. The third kappa shape index (κ3) is 4.04. The first-order chi connectivity index (χ1) is 13.2. The summed E-state index contributed by atoms with van der Waals surface area (Å²) in [6.07, 6.45) is 6.86. The summed E-state index contributed by atoms with van der Waals surface area (Å²) in [5, 5.41) is 5.03. The SMILES string of the molecule is O=C(C=Cc1cnn(Cc2ccccc2Cl)c1)c1ccc2c(c1)OCCO2. The van der Waals surface area contributed by atoms with Crippen molar-refractivity contribution in [3.8, 4) is 11.5 Å². The first-order valence-electron chi connectivity index (χ1n) is 8.57. The molecule has 5 nitrogen and oxygen atoms in total. The zero-order valence-corrected chi connectivity index (χ0v) is 15.2. The average molecular weight is 381 g/mol. The van der Waals surface area contributed by atoms with Gasteiger partial charge in [0, 0.05) is 22.3 Å². The molecule has 0 bridgehead atoms. The van der Waals surface area contributed by atoms with E-state index in [9.17, 15) is 4.79 Å². The number of ether oxygens (including phenoxy) is 2. The van der Waals surface area contributed by atoms with Crippen molar-refractivity contribution in [1.82, 2.24) is 9.78 Å². The predicted octanol–water partition coefficient (Wildman–Crippen LogP) is 4.25. The molecule has 0 amide bonds. The Bertz CT molecular complexity index is 1010. The summed E-state index contributed by atoms with van der Waals surface area (Å²) in [6, 6.07) is 12.9. The van der Waals surface area contributed by atoms with E-state index in [1.807, 2.05) is 30.5 Å². The number of nitrogens with zero attached hydrogens (tertiary/aromatic N) is 2. The number of hydrogen-bond donors (Lipinski definition) is 0. The number of allylic oxidation sites excluding steroid dienone is 1. The monoisotopic (exact) mass is 380 g/mol. The molecule has 0 aliphatic carbocycles. The molecule has 0 spiro atoms. The molecule has 2 aromatic carbocycles. The van der Waals surface area contributed by atoms with E-state index in [-0.39, 0.29) is 5.78 Å². The summed E-state index contributed by atoms with van der Waals surface area (Å²) >= 11 is 6.18. The normalized spacial score (nSPS) is 13.1. The van der Waals surface area contributed by atoms with E-state index in [4.69, 9.17) is 21.1 Å². The molecule has 4 rings (SSSR count). The van der Waals surface area contributed by atoms with E-state index in [2.05, 4.69) is 5.10 Å². The van der Waals surface area contributed by atoms with Crippen molar-refractivity contribution in [2.45, 2.75) is 6.54 Å². The van der Waals surface area contributed by atoms with E-state index in [1.165, 1.54) is 6.08 Å². The lowest BCUT2D eigenvalue weighted by Gasteiger charge is -2.18. The molecule has 0 fully saturated rings. The highest BCUT2D eigenvalue weighted by Gasteiger charge is 2.13. The largest absolute Gasteiger partial charge is 0.486 e. The fourth-order valence-corrected chi connectivity index (χ4v) is 3.01. The first kappa shape index (κ1) is 17.4. The second-order valence-corrected chi connectivity index (χ2v) is 6.53. The minimum absolute atomic E-state index is 0.106. The highest BCUT2D eigenvalue weighted by Crippen LogP contribution is 2.31. The number of ketones is 1. The second-order valence-electron chi connectivity index (χ2n) is 6.12. The number of aromatic nitrogens is 2. The Hall–Kier alpha value is -3.05. The van der Waals surface area contributed by atoms with Crippen LogP contribution in [0.15, 0.2) is 60.9 Å². The minimum atomic E-state index is -0.106. The maximum atomic E-state index is 12.4. The molecule has 0 N–H and O–H groups in total. The molecule has 1 aliphatic heterocycles. The van der Waals surface area contributed by atoms with Crippen molar-refractivity contribution < 1.29 is 14.3 Å². The molecule has 27 heavy (non-hydrogen) atoms. The fourth-order valence-electron chi connectivity index (χ4n) is 2.82. The predicted molar refractivity (Wildman–Crippen MR) is 104 cm³/mol. The van der Waals surface area contributed by atoms with Gasteiger partial charge in [-0.1, -0.05) is 29.8 Å². The molecular weight excluding hydrogens is 364 g/mol. The lowest BCUT2D eigenvalue weighted by Crippen LogP contribution is -2.15. The molecule has 0 atom stereocenters. The van der Waals surface area contributed by atoms with Crippen LogP contribution in [-0.2, 0) is 6.54 Å². The molecule has 0 unspecified atom stereocenters. The van der Waals surface area contributed by atoms with Crippen molar-refractivity contribution >= 4 is 23.5 Å². The third-order valence-electron chi connectivity index (χ3n) is 4.20.